The van der Waals surface area contributed by atoms with Gasteiger partial charge >= 0.3 is 0 Å². The third-order valence-corrected chi connectivity index (χ3v) is 3.42. The van der Waals surface area contributed by atoms with Gasteiger partial charge in [0, 0.05) is 32.0 Å². The van der Waals surface area contributed by atoms with E-state index in [-0.39, 0.29) is 17.5 Å². The number of aromatic nitrogens is 1. The average molecular weight is 327 g/mol. The molecule has 0 fully saturated rings. The van der Waals surface area contributed by atoms with E-state index in [1.165, 1.54) is 17.8 Å². The van der Waals surface area contributed by atoms with Crippen molar-refractivity contribution in [3.05, 3.63) is 65.0 Å². The molecular formula is C18H21N3O3. The molecule has 0 bridgehead atoms. The maximum atomic E-state index is 12.2. The Morgan fingerprint density at radius 1 is 1.08 bits per heavy atom. The smallest absolute Gasteiger partial charge is 0.270 e. The summed E-state index contributed by atoms with van der Waals surface area (Å²) >= 11 is 0. The van der Waals surface area contributed by atoms with Gasteiger partial charge in [-0.1, -0.05) is 29.8 Å². The van der Waals surface area contributed by atoms with Crippen molar-refractivity contribution in [2.45, 2.75) is 13.5 Å². The van der Waals surface area contributed by atoms with Crippen LogP contribution in [0.15, 0.2) is 42.6 Å². The monoisotopic (exact) mass is 327 g/mol. The van der Waals surface area contributed by atoms with E-state index in [2.05, 4.69) is 15.6 Å². The predicted octanol–water partition coefficient (Wildman–Crippen LogP) is 1.70. The second-order valence-corrected chi connectivity index (χ2v) is 5.35. The number of ether oxygens (including phenoxy) is 1. The van der Waals surface area contributed by atoms with Crippen molar-refractivity contribution in [3.63, 3.8) is 0 Å². The Bertz CT molecular complexity index is 699. The van der Waals surface area contributed by atoms with Crippen molar-refractivity contribution >= 4 is 11.8 Å². The molecule has 24 heavy (non-hydrogen) atoms. The van der Waals surface area contributed by atoms with E-state index in [0.717, 1.165) is 5.56 Å². The molecule has 0 spiro atoms. The molecule has 6 heteroatoms. The van der Waals surface area contributed by atoms with Gasteiger partial charge < -0.3 is 15.4 Å². The number of methoxy groups -OCH3 is 1. The maximum absolute atomic E-state index is 12.2. The number of benzene rings is 1. The molecule has 2 amide bonds. The Hall–Kier alpha value is -2.73. The number of nitrogens with one attached hydrogen (secondary N) is 2. The molecule has 0 saturated carbocycles. The van der Waals surface area contributed by atoms with Crippen LogP contribution in [0.1, 0.15) is 32.0 Å². The van der Waals surface area contributed by atoms with Crippen LogP contribution < -0.4 is 10.6 Å². The molecule has 0 saturated heterocycles. The number of carbonyl (C=O) groups is 2. The van der Waals surface area contributed by atoms with Crippen molar-refractivity contribution < 1.29 is 14.3 Å². The summed E-state index contributed by atoms with van der Waals surface area (Å²) in [5.74, 6) is -0.579. The van der Waals surface area contributed by atoms with Crippen LogP contribution in [0.5, 0.6) is 0 Å². The maximum Gasteiger partial charge on any atom is 0.270 e. The number of rotatable bonds is 7. The van der Waals surface area contributed by atoms with Crippen LogP contribution in [0, 0.1) is 6.92 Å². The molecule has 0 unspecified atom stereocenters. The molecule has 126 valence electrons. The van der Waals surface area contributed by atoms with Crippen LogP contribution in [-0.2, 0) is 11.3 Å². The molecule has 0 aliphatic rings. The van der Waals surface area contributed by atoms with Crippen molar-refractivity contribution in [2.24, 2.45) is 0 Å². The molecule has 2 rings (SSSR count). The van der Waals surface area contributed by atoms with E-state index >= 15 is 0 Å². The Balaban J connectivity index is 1.95. The van der Waals surface area contributed by atoms with Crippen molar-refractivity contribution in [1.82, 2.24) is 15.6 Å². The summed E-state index contributed by atoms with van der Waals surface area (Å²) in [5.41, 5.74) is 2.77. The highest BCUT2D eigenvalue weighted by molar-refractivity contribution is 5.98. The number of carbonyl (C=O) groups excluding carboxylic acids is 2. The molecule has 6 nitrogen and oxygen atoms in total. The van der Waals surface area contributed by atoms with Gasteiger partial charge in [-0.2, -0.15) is 0 Å². The summed E-state index contributed by atoms with van der Waals surface area (Å²) in [7, 11) is 1.56. The summed E-state index contributed by atoms with van der Waals surface area (Å²) in [6, 6.07) is 11.0. The highest BCUT2D eigenvalue weighted by Crippen LogP contribution is 2.05. The van der Waals surface area contributed by atoms with E-state index in [4.69, 9.17) is 4.74 Å². The highest BCUT2D eigenvalue weighted by Gasteiger charge is 2.11. The fourth-order valence-electron chi connectivity index (χ4n) is 2.04. The lowest BCUT2D eigenvalue weighted by molar-refractivity contribution is 0.0937. The molecule has 0 radical (unpaired) electrons. The molecule has 1 heterocycles. The Morgan fingerprint density at radius 2 is 1.83 bits per heavy atom. The molecule has 2 aromatic rings. The minimum absolute atomic E-state index is 0.210. The predicted molar refractivity (Wildman–Crippen MR) is 90.8 cm³/mol. The van der Waals surface area contributed by atoms with Gasteiger partial charge in [-0.25, -0.2) is 0 Å². The SMILES string of the molecule is COCCNC(=O)c1ccnc(C(=O)NCc2ccc(C)cc2)c1. The number of hydrogen-bond acceptors (Lipinski definition) is 4. The zero-order chi connectivity index (χ0) is 17.4. The normalized spacial score (nSPS) is 10.2. The Labute approximate surface area is 141 Å². The van der Waals surface area contributed by atoms with E-state index in [9.17, 15) is 9.59 Å². The van der Waals surface area contributed by atoms with Gasteiger partial charge in [-0.05, 0) is 24.6 Å². The van der Waals surface area contributed by atoms with Gasteiger partial charge in [-0.15, -0.1) is 0 Å². The van der Waals surface area contributed by atoms with E-state index in [1.807, 2.05) is 31.2 Å². The lowest BCUT2D eigenvalue weighted by atomic mass is 10.1. The van der Waals surface area contributed by atoms with Gasteiger partial charge in [0.05, 0.1) is 6.61 Å². The quantitative estimate of drug-likeness (QED) is 0.759. The largest absolute Gasteiger partial charge is 0.383 e. The fourth-order valence-corrected chi connectivity index (χ4v) is 2.04. The van der Waals surface area contributed by atoms with Crippen LogP contribution in [0.4, 0.5) is 0 Å². The fraction of sp³-hybridized carbons (Fsp3) is 0.278. The van der Waals surface area contributed by atoms with Gasteiger partial charge in [0.15, 0.2) is 0 Å². The lowest BCUT2D eigenvalue weighted by Crippen LogP contribution is -2.28. The molecule has 2 N–H and O–H groups in total. The van der Waals surface area contributed by atoms with Gasteiger partial charge in [0.2, 0.25) is 0 Å². The number of hydrogen-bond donors (Lipinski definition) is 2. The first-order chi connectivity index (χ1) is 11.6. The summed E-state index contributed by atoms with van der Waals surface area (Å²) < 4.78 is 4.88. The van der Waals surface area contributed by atoms with Crippen LogP contribution in [0.3, 0.4) is 0 Å². The van der Waals surface area contributed by atoms with Crippen LogP contribution in [-0.4, -0.2) is 37.1 Å². The summed E-state index contributed by atoms with van der Waals surface area (Å²) in [5, 5.41) is 5.51. The minimum atomic E-state index is -0.317. The van der Waals surface area contributed by atoms with Gasteiger partial charge in [0.25, 0.3) is 11.8 Å². The molecule has 0 atom stereocenters. The number of nitrogens with zero attached hydrogens (tertiary/aromatic N) is 1. The van der Waals surface area contributed by atoms with E-state index in [0.29, 0.717) is 25.3 Å². The summed E-state index contributed by atoms with van der Waals surface area (Å²) in [4.78, 5) is 28.2. The first-order valence-corrected chi connectivity index (χ1v) is 7.67. The van der Waals surface area contributed by atoms with Gasteiger partial charge in [-0.3, -0.25) is 14.6 Å². The standard InChI is InChI=1S/C18H21N3O3/c1-13-3-5-14(6-4-13)12-21-18(23)16-11-15(7-8-19-16)17(22)20-9-10-24-2/h3-8,11H,9-10,12H2,1-2H3,(H,20,22)(H,21,23). The lowest BCUT2D eigenvalue weighted by Gasteiger charge is -2.07. The first-order valence-electron chi connectivity index (χ1n) is 7.67. The second-order valence-electron chi connectivity index (χ2n) is 5.35. The molecular weight excluding hydrogens is 306 g/mol. The second kappa shape index (κ2) is 8.79. The van der Waals surface area contributed by atoms with Crippen LogP contribution in [0.2, 0.25) is 0 Å². The molecule has 1 aromatic heterocycles. The van der Waals surface area contributed by atoms with E-state index in [1.54, 1.807) is 13.2 Å². The third-order valence-electron chi connectivity index (χ3n) is 3.42. The third kappa shape index (κ3) is 5.17. The summed E-state index contributed by atoms with van der Waals surface area (Å²) in [6.45, 7) is 3.26. The van der Waals surface area contributed by atoms with Crippen molar-refractivity contribution in [1.29, 1.82) is 0 Å². The van der Waals surface area contributed by atoms with Crippen molar-refractivity contribution in [2.75, 3.05) is 20.3 Å². The Morgan fingerprint density at radius 3 is 2.54 bits per heavy atom. The summed E-state index contributed by atoms with van der Waals surface area (Å²) in [6.07, 6.45) is 1.45. The highest BCUT2D eigenvalue weighted by atomic mass is 16.5. The van der Waals surface area contributed by atoms with Crippen LogP contribution in [0.25, 0.3) is 0 Å². The number of pyridine rings is 1. The average Bonchev–Trinajstić information content (AvgIpc) is 2.61. The number of amides is 2. The van der Waals surface area contributed by atoms with Crippen molar-refractivity contribution in [3.8, 4) is 0 Å². The van der Waals surface area contributed by atoms with E-state index < -0.39 is 0 Å². The Kier molecular flexibility index (Phi) is 6.45. The molecule has 0 aliphatic carbocycles. The first kappa shape index (κ1) is 17.6. The minimum Gasteiger partial charge on any atom is -0.383 e. The zero-order valence-electron chi connectivity index (χ0n) is 13.8. The van der Waals surface area contributed by atoms with Crippen LogP contribution >= 0.6 is 0 Å². The molecule has 0 aliphatic heterocycles. The number of aryl methyl sites for hydroxylation is 1. The topological polar surface area (TPSA) is 80.3 Å². The molecule has 1 aromatic carbocycles. The zero-order valence-corrected chi connectivity index (χ0v) is 13.8. The van der Waals surface area contributed by atoms with Gasteiger partial charge in [0.1, 0.15) is 5.69 Å².